The van der Waals surface area contributed by atoms with Gasteiger partial charge in [0.05, 0.1) is 18.8 Å². The van der Waals surface area contributed by atoms with Gasteiger partial charge in [0, 0.05) is 31.9 Å². The number of hydrogen-bond acceptors (Lipinski definition) is 4. The van der Waals surface area contributed by atoms with E-state index in [9.17, 15) is 9.18 Å². The minimum absolute atomic E-state index is 0.0195. The Morgan fingerprint density at radius 1 is 1.30 bits per heavy atom. The van der Waals surface area contributed by atoms with E-state index in [1.165, 1.54) is 18.6 Å². The van der Waals surface area contributed by atoms with E-state index in [-0.39, 0.29) is 30.5 Å². The molecule has 166 valence electrons. The van der Waals surface area contributed by atoms with Crippen molar-refractivity contribution in [3.05, 3.63) is 30.1 Å². The monoisotopic (exact) mass is 420 g/mol. The van der Waals surface area contributed by atoms with Gasteiger partial charge in [-0.2, -0.15) is 0 Å². The average Bonchev–Trinajstić information content (AvgIpc) is 2.76. The van der Waals surface area contributed by atoms with Gasteiger partial charge in [-0.05, 0) is 57.2 Å². The molecule has 2 aliphatic rings. The Labute approximate surface area is 178 Å². The van der Waals surface area contributed by atoms with E-state index < -0.39 is 0 Å². The number of ether oxygens (including phenoxy) is 2. The number of halogens is 1. The number of guanidine groups is 1. The highest BCUT2D eigenvalue weighted by Crippen LogP contribution is 2.18. The molecule has 3 rings (SSSR count). The van der Waals surface area contributed by atoms with Crippen LogP contribution in [-0.4, -0.2) is 68.4 Å². The van der Waals surface area contributed by atoms with Crippen molar-refractivity contribution in [2.24, 2.45) is 4.99 Å². The van der Waals surface area contributed by atoms with Crippen LogP contribution in [0.25, 0.3) is 0 Å². The minimum atomic E-state index is -0.384. The normalized spacial score (nSPS) is 20.8. The molecular weight excluding hydrogens is 387 g/mol. The Balaban J connectivity index is 1.44. The van der Waals surface area contributed by atoms with Crippen LogP contribution in [0.4, 0.5) is 10.1 Å². The van der Waals surface area contributed by atoms with Crippen molar-refractivity contribution >= 4 is 17.6 Å². The summed E-state index contributed by atoms with van der Waals surface area (Å²) in [5.41, 5.74) is 0.431. The zero-order valence-corrected chi connectivity index (χ0v) is 17.7. The fourth-order valence-electron chi connectivity index (χ4n) is 3.76. The molecule has 1 aromatic carbocycles. The van der Waals surface area contributed by atoms with Crippen molar-refractivity contribution < 1.29 is 18.7 Å². The lowest BCUT2D eigenvalue weighted by Gasteiger charge is -2.35. The SMILES string of the molecule is CCNC(=NCC(=O)Nc1cccc(F)c1)N1CCC(OCC2CCCCO2)CC1. The smallest absolute Gasteiger partial charge is 0.246 e. The number of carbonyl (C=O) groups excluding carboxylic acids is 1. The Kier molecular flexibility index (Phi) is 8.89. The molecule has 0 radical (unpaired) electrons. The lowest BCUT2D eigenvalue weighted by molar-refractivity contribution is -0.114. The molecule has 2 heterocycles. The first kappa shape index (κ1) is 22.5. The number of likely N-dealkylation sites (tertiary alicyclic amines) is 1. The fraction of sp³-hybridized carbons (Fsp3) is 0.636. The van der Waals surface area contributed by atoms with Crippen LogP contribution in [-0.2, 0) is 14.3 Å². The second-order valence-corrected chi connectivity index (χ2v) is 7.74. The van der Waals surface area contributed by atoms with Crippen molar-refractivity contribution in [3.8, 4) is 0 Å². The summed E-state index contributed by atoms with van der Waals surface area (Å²) in [5.74, 6) is 0.0624. The third-order valence-corrected chi connectivity index (χ3v) is 5.35. The first-order valence-electron chi connectivity index (χ1n) is 11.0. The number of anilines is 1. The third-order valence-electron chi connectivity index (χ3n) is 5.35. The van der Waals surface area contributed by atoms with Gasteiger partial charge >= 0.3 is 0 Å². The van der Waals surface area contributed by atoms with E-state index in [1.54, 1.807) is 12.1 Å². The van der Waals surface area contributed by atoms with Gasteiger partial charge in [0.1, 0.15) is 12.4 Å². The number of benzene rings is 1. The van der Waals surface area contributed by atoms with Crippen LogP contribution in [0, 0.1) is 5.82 Å². The maximum atomic E-state index is 13.3. The fourth-order valence-corrected chi connectivity index (χ4v) is 3.76. The molecule has 2 aliphatic heterocycles. The molecule has 1 atom stereocenters. The zero-order valence-electron chi connectivity index (χ0n) is 17.7. The summed E-state index contributed by atoms with van der Waals surface area (Å²) < 4.78 is 25.1. The molecule has 2 saturated heterocycles. The van der Waals surface area contributed by atoms with Crippen molar-refractivity contribution in [1.29, 1.82) is 0 Å². The topological polar surface area (TPSA) is 75.2 Å². The van der Waals surface area contributed by atoms with Crippen molar-refractivity contribution in [2.75, 3.05) is 44.7 Å². The molecule has 1 amide bonds. The molecule has 2 fully saturated rings. The summed E-state index contributed by atoms with van der Waals surface area (Å²) in [7, 11) is 0. The number of amides is 1. The zero-order chi connectivity index (χ0) is 21.2. The van der Waals surface area contributed by atoms with Crippen molar-refractivity contribution in [3.63, 3.8) is 0 Å². The number of hydrogen-bond donors (Lipinski definition) is 2. The van der Waals surface area contributed by atoms with Crippen LogP contribution >= 0.6 is 0 Å². The van der Waals surface area contributed by atoms with Gasteiger partial charge in [0.15, 0.2) is 5.96 Å². The van der Waals surface area contributed by atoms with Crippen molar-refractivity contribution in [1.82, 2.24) is 10.2 Å². The maximum absolute atomic E-state index is 13.3. The van der Waals surface area contributed by atoms with Gasteiger partial charge in [0.25, 0.3) is 0 Å². The van der Waals surface area contributed by atoms with Crippen molar-refractivity contribution in [2.45, 2.75) is 51.2 Å². The van der Waals surface area contributed by atoms with Gasteiger partial charge in [-0.1, -0.05) is 6.07 Å². The third kappa shape index (κ3) is 7.25. The first-order valence-corrected chi connectivity index (χ1v) is 11.0. The molecule has 0 aromatic heterocycles. The number of carbonyl (C=O) groups is 1. The Hall–Kier alpha value is -2.19. The van der Waals surface area contributed by atoms with Crippen LogP contribution < -0.4 is 10.6 Å². The molecule has 1 unspecified atom stereocenters. The molecule has 0 spiro atoms. The molecule has 0 aliphatic carbocycles. The summed E-state index contributed by atoms with van der Waals surface area (Å²) in [6, 6.07) is 5.84. The minimum Gasteiger partial charge on any atom is -0.376 e. The quantitative estimate of drug-likeness (QED) is 0.524. The van der Waals surface area contributed by atoms with Gasteiger partial charge in [-0.15, -0.1) is 0 Å². The predicted octanol–water partition coefficient (Wildman–Crippen LogP) is 2.78. The van der Waals surface area contributed by atoms with Gasteiger partial charge < -0.3 is 25.0 Å². The van der Waals surface area contributed by atoms with Crippen LogP contribution in [0.15, 0.2) is 29.3 Å². The molecule has 0 saturated carbocycles. The molecule has 7 nitrogen and oxygen atoms in total. The highest BCUT2D eigenvalue weighted by Gasteiger charge is 2.24. The summed E-state index contributed by atoms with van der Waals surface area (Å²) in [6.07, 6.45) is 5.80. The number of nitrogens with one attached hydrogen (secondary N) is 2. The second kappa shape index (κ2) is 11.9. The van der Waals surface area contributed by atoms with Crippen LogP contribution in [0.5, 0.6) is 0 Å². The van der Waals surface area contributed by atoms with E-state index in [0.29, 0.717) is 12.3 Å². The molecule has 1 aromatic rings. The summed E-state index contributed by atoms with van der Waals surface area (Å²) in [4.78, 5) is 18.8. The van der Waals surface area contributed by atoms with E-state index in [4.69, 9.17) is 9.47 Å². The lowest BCUT2D eigenvalue weighted by Crippen LogP contribution is -2.47. The number of rotatable bonds is 7. The summed E-state index contributed by atoms with van der Waals surface area (Å²) >= 11 is 0. The largest absolute Gasteiger partial charge is 0.376 e. The Bertz CT molecular complexity index is 701. The summed E-state index contributed by atoms with van der Waals surface area (Å²) in [6.45, 7) is 5.89. The highest BCUT2D eigenvalue weighted by atomic mass is 19.1. The van der Waals surface area contributed by atoms with Gasteiger partial charge in [0.2, 0.25) is 5.91 Å². The van der Waals surface area contributed by atoms with E-state index in [0.717, 1.165) is 57.9 Å². The average molecular weight is 421 g/mol. The Morgan fingerprint density at radius 2 is 2.13 bits per heavy atom. The highest BCUT2D eigenvalue weighted by molar-refractivity contribution is 5.94. The lowest BCUT2D eigenvalue weighted by atomic mass is 10.1. The van der Waals surface area contributed by atoms with E-state index in [2.05, 4.69) is 20.5 Å². The second-order valence-electron chi connectivity index (χ2n) is 7.74. The molecule has 2 N–H and O–H groups in total. The van der Waals surface area contributed by atoms with Gasteiger partial charge in [-0.25, -0.2) is 9.38 Å². The first-order chi connectivity index (χ1) is 14.6. The maximum Gasteiger partial charge on any atom is 0.246 e. The molecule has 30 heavy (non-hydrogen) atoms. The number of aliphatic imine (C=N–C) groups is 1. The van der Waals surface area contributed by atoms with Crippen LogP contribution in [0.2, 0.25) is 0 Å². The van der Waals surface area contributed by atoms with Crippen LogP contribution in [0.1, 0.15) is 39.0 Å². The molecular formula is C22H33FN4O3. The van der Waals surface area contributed by atoms with E-state index in [1.807, 2.05) is 6.92 Å². The standard InChI is InChI=1S/C22H33FN4O3/c1-2-24-22(25-15-21(28)26-18-7-5-6-17(23)14-18)27-11-9-19(10-12-27)30-16-20-8-3-4-13-29-20/h5-7,14,19-20H,2-4,8-13,15-16H2,1H3,(H,24,25)(H,26,28). The molecule has 8 heteroatoms. The van der Waals surface area contributed by atoms with Gasteiger partial charge in [-0.3, -0.25) is 4.79 Å². The summed E-state index contributed by atoms with van der Waals surface area (Å²) in [5, 5.41) is 5.93. The predicted molar refractivity (Wildman–Crippen MR) is 115 cm³/mol. The number of piperidine rings is 1. The van der Waals surface area contributed by atoms with Crippen LogP contribution in [0.3, 0.4) is 0 Å². The Morgan fingerprint density at radius 3 is 2.83 bits per heavy atom. The molecule has 0 bridgehead atoms. The van der Waals surface area contributed by atoms with E-state index >= 15 is 0 Å². The number of nitrogens with zero attached hydrogens (tertiary/aromatic N) is 2.